The van der Waals surface area contributed by atoms with Gasteiger partial charge in [0.1, 0.15) is 18.0 Å². The molecule has 1 aliphatic rings. The highest BCUT2D eigenvalue weighted by atomic mass is 35.5. The van der Waals surface area contributed by atoms with Crippen molar-refractivity contribution in [2.24, 2.45) is 0 Å². The molecular weight excluding hydrogens is 500 g/mol. The van der Waals surface area contributed by atoms with Crippen LogP contribution in [0.4, 0.5) is 17.1 Å². The number of hydrogen-bond acceptors (Lipinski definition) is 4. The van der Waals surface area contributed by atoms with E-state index in [1.165, 1.54) is 0 Å². The monoisotopic (exact) mass is 524 g/mol. The topological polar surface area (TPSA) is 87.5 Å². The van der Waals surface area contributed by atoms with E-state index in [1.54, 1.807) is 23.2 Å². The van der Waals surface area contributed by atoms with Gasteiger partial charge in [-0.1, -0.05) is 42.5 Å². The number of phenols is 1. The third kappa shape index (κ3) is 4.71. The van der Waals surface area contributed by atoms with Crippen molar-refractivity contribution in [3.8, 4) is 11.4 Å². The zero-order chi connectivity index (χ0) is 25.4. The number of carbonyl (C=O) groups is 2. The second-order valence-electron chi connectivity index (χ2n) is 9.03. The number of carbonyl (C=O) groups excluding carboxylic acids is 2. The van der Waals surface area contributed by atoms with E-state index in [-0.39, 0.29) is 36.4 Å². The summed E-state index contributed by atoms with van der Waals surface area (Å²) in [6.45, 7) is 0. The first-order valence-corrected chi connectivity index (χ1v) is 12.1. The molecule has 5 aromatic rings. The molecule has 0 saturated carbocycles. The smallest absolute Gasteiger partial charge is 0.241 e. The zero-order valence-corrected chi connectivity index (χ0v) is 21.2. The highest BCUT2D eigenvalue weighted by Crippen LogP contribution is 2.40. The number of aromatic hydroxyl groups is 1. The highest BCUT2D eigenvalue weighted by Gasteiger charge is 2.28. The third-order valence-electron chi connectivity index (χ3n) is 6.62. The van der Waals surface area contributed by atoms with E-state index in [4.69, 9.17) is 0 Å². The van der Waals surface area contributed by atoms with Crippen LogP contribution in [0.1, 0.15) is 17.8 Å². The Bertz CT molecular complexity index is 1650. The van der Waals surface area contributed by atoms with Crippen LogP contribution in [-0.2, 0) is 22.4 Å². The molecule has 6 rings (SSSR count). The van der Waals surface area contributed by atoms with Gasteiger partial charge in [0.2, 0.25) is 11.8 Å². The molecule has 0 radical (unpaired) electrons. The summed E-state index contributed by atoms with van der Waals surface area (Å²) < 4.78 is 2.02. The molecule has 2 N–H and O–H groups in total. The van der Waals surface area contributed by atoms with Gasteiger partial charge in [0, 0.05) is 35.6 Å². The summed E-state index contributed by atoms with van der Waals surface area (Å²) in [6.07, 6.45) is 4.90. The van der Waals surface area contributed by atoms with Gasteiger partial charge < -0.3 is 15.0 Å². The number of phenolic OH excluding ortho intramolecular Hbond substituents is 1. The number of rotatable bonds is 5. The SMILES string of the molecule is Cl.O=C1CC(=O)N(c2ccc(-n3ccnc3CCc3cccc(O)c3)cc2)c2ccc3ccccc3c2N1. The Balaban J connectivity index is 0.00000294. The minimum Gasteiger partial charge on any atom is -0.508 e. The van der Waals surface area contributed by atoms with Gasteiger partial charge in [-0.2, -0.15) is 0 Å². The molecule has 0 unspecified atom stereocenters. The fourth-order valence-electron chi connectivity index (χ4n) is 4.88. The van der Waals surface area contributed by atoms with E-state index < -0.39 is 0 Å². The molecule has 190 valence electrons. The summed E-state index contributed by atoms with van der Waals surface area (Å²) in [7, 11) is 0. The molecule has 0 bridgehead atoms. The average molecular weight is 525 g/mol. The van der Waals surface area contributed by atoms with E-state index in [2.05, 4.69) is 10.3 Å². The lowest BCUT2D eigenvalue weighted by Crippen LogP contribution is -2.26. The Morgan fingerprint density at radius 1 is 0.868 bits per heavy atom. The first-order valence-electron chi connectivity index (χ1n) is 12.1. The van der Waals surface area contributed by atoms with Gasteiger partial charge >= 0.3 is 0 Å². The van der Waals surface area contributed by atoms with E-state index in [0.29, 0.717) is 23.5 Å². The number of aromatic nitrogens is 2. The van der Waals surface area contributed by atoms with Crippen LogP contribution < -0.4 is 10.2 Å². The van der Waals surface area contributed by atoms with Gasteiger partial charge in [-0.15, -0.1) is 12.4 Å². The fraction of sp³-hybridized carbons (Fsp3) is 0.100. The Labute approximate surface area is 225 Å². The molecule has 1 aliphatic heterocycles. The fourth-order valence-corrected chi connectivity index (χ4v) is 4.88. The number of aryl methyl sites for hydroxylation is 2. The number of nitrogens with one attached hydrogen (secondary N) is 1. The number of nitrogens with zero attached hydrogens (tertiary/aromatic N) is 3. The van der Waals surface area contributed by atoms with Crippen molar-refractivity contribution in [3.63, 3.8) is 0 Å². The van der Waals surface area contributed by atoms with Crippen LogP contribution in [0.15, 0.2) is 97.3 Å². The standard InChI is InChI=1S/C30H24N4O3.ClH/c35-24-6-3-4-20(18-24)8-15-27-31-16-17-33(27)22-10-12-23(13-11-22)34-26-14-9-21-5-1-2-7-25(21)30(26)32-28(36)19-29(34)37;/h1-7,9-14,16-18,35H,8,15,19H2,(H,32,36);1H. The van der Waals surface area contributed by atoms with Gasteiger partial charge in [-0.3, -0.25) is 14.5 Å². The second kappa shape index (κ2) is 10.4. The predicted octanol–water partition coefficient (Wildman–Crippen LogP) is 5.95. The molecule has 0 atom stereocenters. The molecule has 38 heavy (non-hydrogen) atoms. The van der Waals surface area contributed by atoms with Crippen LogP contribution >= 0.6 is 12.4 Å². The highest BCUT2D eigenvalue weighted by molar-refractivity contribution is 6.21. The Morgan fingerprint density at radius 3 is 2.47 bits per heavy atom. The van der Waals surface area contributed by atoms with E-state index in [1.807, 2.05) is 83.6 Å². The summed E-state index contributed by atoms with van der Waals surface area (Å²) >= 11 is 0. The van der Waals surface area contributed by atoms with Gasteiger partial charge in [-0.05, 0) is 59.8 Å². The number of halogens is 1. The largest absolute Gasteiger partial charge is 0.508 e. The molecule has 4 aromatic carbocycles. The van der Waals surface area contributed by atoms with Crippen LogP contribution in [0, 0.1) is 0 Å². The minimum atomic E-state index is -0.323. The summed E-state index contributed by atoms with van der Waals surface area (Å²) in [5.41, 5.74) is 3.93. The molecule has 0 fully saturated rings. The minimum absolute atomic E-state index is 0. The summed E-state index contributed by atoms with van der Waals surface area (Å²) in [6, 6.07) is 26.6. The Kier molecular flexibility index (Phi) is 6.85. The second-order valence-corrected chi connectivity index (χ2v) is 9.03. The molecule has 0 spiro atoms. The first kappa shape index (κ1) is 25.0. The van der Waals surface area contributed by atoms with E-state index in [9.17, 15) is 14.7 Å². The van der Waals surface area contributed by atoms with Crippen molar-refractivity contribution in [2.45, 2.75) is 19.3 Å². The summed E-state index contributed by atoms with van der Waals surface area (Å²) in [5.74, 6) is 0.546. The average Bonchev–Trinajstić information content (AvgIpc) is 3.33. The van der Waals surface area contributed by atoms with Gasteiger partial charge in [0.15, 0.2) is 0 Å². The van der Waals surface area contributed by atoms with Crippen molar-refractivity contribution < 1.29 is 14.7 Å². The van der Waals surface area contributed by atoms with Crippen LogP contribution in [-0.4, -0.2) is 26.5 Å². The maximum Gasteiger partial charge on any atom is 0.241 e. The van der Waals surface area contributed by atoms with Crippen LogP contribution in [0.2, 0.25) is 0 Å². The molecular formula is C30H25ClN4O3. The number of anilines is 3. The lowest BCUT2D eigenvalue weighted by Gasteiger charge is -2.23. The van der Waals surface area contributed by atoms with Crippen molar-refractivity contribution in [1.29, 1.82) is 0 Å². The first-order chi connectivity index (χ1) is 18.1. The van der Waals surface area contributed by atoms with E-state index in [0.717, 1.165) is 34.3 Å². The van der Waals surface area contributed by atoms with Gasteiger partial charge in [0.25, 0.3) is 0 Å². The van der Waals surface area contributed by atoms with Crippen LogP contribution in [0.3, 0.4) is 0 Å². The zero-order valence-electron chi connectivity index (χ0n) is 20.4. The molecule has 0 saturated heterocycles. The van der Waals surface area contributed by atoms with Gasteiger partial charge in [0.05, 0.1) is 11.4 Å². The number of amides is 2. The maximum absolute atomic E-state index is 13.2. The van der Waals surface area contributed by atoms with Crippen LogP contribution in [0.5, 0.6) is 5.75 Å². The normalized spacial score (nSPS) is 13.0. The number of hydrogen-bond donors (Lipinski definition) is 2. The van der Waals surface area contributed by atoms with Gasteiger partial charge in [-0.25, -0.2) is 4.98 Å². The Morgan fingerprint density at radius 2 is 1.66 bits per heavy atom. The molecule has 2 heterocycles. The van der Waals surface area contributed by atoms with Crippen molar-refractivity contribution in [2.75, 3.05) is 10.2 Å². The molecule has 1 aromatic heterocycles. The Hall–Kier alpha value is -4.62. The molecule has 8 heteroatoms. The molecule has 7 nitrogen and oxygen atoms in total. The van der Waals surface area contributed by atoms with Crippen LogP contribution in [0.25, 0.3) is 16.5 Å². The predicted molar refractivity (Wildman–Crippen MR) is 151 cm³/mol. The van der Waals surface area contributed by atoms with E-state index >= 15 is 0 Å². The van der Waals surface area contributed by atoms with Crippen molar-refractivity contribution in [3.05, 3.63) is 109 Å². The molecule has 0 aliphatic carbocycles. The lowest BCUT2D eigenvalue weighted by atomic mass is 10.1. The molecule has 2 amide bonds. The quantitative estimate of drug-likeness (QED) is 0.278. The maximum atomic E-state index is 13.2. The third-order valence-corrected chi connectivity index (χ3v) is 6.62. The number of benzene rings is 4. The summed E-state index contributed by atoms with van der Waals surface area (Å²) in [5, 5.41) is 14.5. The summed E-state index contributed by atoms with van der Waals surface area (Å²) in [4.78, 5) is 31.8. The lowest BCUT2D eigenvalue weighted by molar-refractivity contribution is -0.124. The number of imidazole rings is 1. The van der Waals surface area contributed by atoms with Crippen molar-refractivity contribution in [1.82, 2.24) is 9.55 Å². The number of fused-ring (bicyclic) bond motifs is 3. The van der Waals surface area contributed by atoms with Crippen molar-refractivity contribution >= 4 is 52.1 Å².